The molecule has 1 N–H and O–H groups in total. The van der Waals surface area contributed by atoms with Gasteiger partial charge in [-0.1, -0.05) is 90.4 Å². The van der Waals surface area contributed by atoms with Gasteiger partial charge < -0.3 is 0 Å². The van der Waals surface area contributed by atoms with E-state index in [0.29, 0.717) is 6.42 Å². The minimum Gasteiger partial charge on any atom is -0.266 e. The predicted octanol–water partition coefficient (Wildman–Crippen LogP) is 5.10. The second-order valence-electron chi connectivity index (χ2n) is 8.05. The van der Waals surface area contributed by atoms with Crippen LogP contribution in [0.3, 0.4) is 0 Å². The maximum absolute atomic E-state index is 12.1. The maximum Gasteiger partial charge on any atom is 0.233 e. The standard InChI is InChI=1S/C21H39N3O4S2/c1-3-4-5-6-7-8-9-10-11-12-13-14-15-16-19-30(27,28)24-20-17-18-21(23-22-20)29(2,25)26/h17-18H,3-16,19H2,1-2H3,(H,22,24). The number of aromatic nitrogens is 2. The normalized spacial score (nSPS) is 12.2. The lowest BCUT2D eigenvalue weighted by molar-refractivity contribution is 0.537. The zero-order valence-corrected chi connectivity index (χ0v) is 20.2. The molecule has 0 aliphatic carbocycles. The molecule has 0 saturated carbocycles. The highest BCUT2D eigenvalue weighted by Gasteiger charge is 2.13. The van der Waals surface area contributed by atoms with E-state index in [9.17, 15) is 16.8 Å². The van der Waals surface area contributed by atoms with E-state index >= 15 is 0 Å². The van der Waals surface area contributed by atoms with Crippen LogP contribution in [-0.2, 0) is 19.9 Å². The van der Waals surface area contributed by atoms with Crippen LogP contribution in [0, 0.1) is 0 Å². The molecule has 9 heteroatoms. The molecule has 0 aromatic carbocycles. The molecule has 174 valence electrons. The SMILES string of the molecule is CCCCCCCCCCCCCCCCS(=O)(=O)Nc1ccc(S(C)(=O)=O)nn1. The molecule has 0 unspecified atom stereocenters. The van der Waals surface area contributed by atoms with E-state index in [1.54, 1.807) is 0 Å². The van der Waals surface area contributed by atoms with Crippen molar-refractivity contribution in [2.45, 2.75) is 102 Å². The zero-order chi connectivity index (χ0) is 22.3. The Labute approximate surface area is 183 Å². The smallest absolute Gasteiger partial charge is 0.233 e. The topological polar surface area (TPSA) is 106 Å². The Morgan fingerprint density at radius 1 is 0.700 bits per heavy atom. The number of rotatable bonds is 18. The van der Waals surface area contributed by atoms with Gasteiger partial charge in [0.2, 0.25) is 10.0 Å². The van der Waals surface area contributed by atoms with Gasteiger partial charge in [-0.05, 0) is 18.6 Å². The lowest BCUT2D eigenvalue weighted by Crippen LogP contribution is -2.18. The van der Waals surface area contributed by atoms with Crippen molar-refractivity contribution in [1.29, 1.82) is 0 Å². The molecule has 1 heterocycles. The lowest BCUT2D eigenvalue weighted by Gasteiger charge is -2.07. The Bertz CT molecular complexity index is 779. The van der Waals surface area contributed by atoms with Gasteiger partial charge in [-0.3, -0.25) is 4.72 Å². The van der Waals surface area contributed by atoms with E-state index in [1.165, 1.54) is 76.3 Å². The number of nitrogens with one attached hydrogen (secondary N) is 1. The molecule has 30 heavy (non-hydrogen) atoms. The van der Waals surface area contributed by atoms with Gasteiger partial charge in [0.05, 0.1) is 5.75 Å². The average Bonchev–Trinajstić information content (AvgIpc) is 2.67. The summed E-state index contributed by atoms with van der Waals surface area (Å²) >= 11 is 0. The number of sulfone groups is 1. The first-order valence-corrected chi connectivity index (χ1v) is 14.8. The molecule has 0 atom stereocenters. The molecule has 0 amide bonds. The first-order valence-electron chi connectivity index (χ1n) is 11.3. The molecule has 0 aliphatic rings. The molecule has 1 rings (SSSR count). The number of sulfonamides is 1. The zero-order valence-electron chi connectivity index (χ0n) is 18.6. The van der Waals surface area contributed by atoms with E-state index in [-0.39, 0.29) is 16.6 Å². The van der Waals surface area contributed by atoms with Crippen molar-refractivity contribution in [3.05, 3.63) is 12.1 Å². The van der Waals surface area contributed by atoms with E-state index in [4.69, 9.17) is 0 Å². The Balaban J connectivity index is 2.05. The second-order valence-corrected chi connectivity index (χ2v) is 11.9. The van der Waals surface area contributed by atoms with Crippen molar-refractivity contribution < 1.29 is 16.8 Å². The third kappa shape index (κ3) is 13.2. The third-order valence-electron chi connectivity index (χ3n) is 5.05. The fourth-order valence-corrected chi connectivity index (χ4v) is 4.89. The summed E-state index contributed by atoms with van der Waals surface area (Å²) in [6.07, 6.45) is 18.0. The predicted molar refractivity (Wildman–Crippen MR) is 123 cm³/mol. The summed E-state index contributed by atoms with van der Waals surface area (Å²) in [6.45, 7) is 2.25. The largest absolute Gasteiger partial charge is 0.266 e. The Hall–Kier alpha value is -1.22. The highest BCUT2D eigenvalue weighted by Crippen LogP contribution is 2.14. The summed E-state index contributed by atoms with van der Waals surface area (Å²) in [5, 5.41) is 6.99. The van der Waals surface area contributed by atoms with Crippen molar-refractivity contribution in [2.24, 2.45) is 0 Å². The molecule has 0 bridgehead atoms. The summed E-state index contributed by atoms with van der Waals surface area (Å²) in [5.41, 5.74) is 0. The van der Waals surface area contributed by atoms with Crippen LogP contribution in [0.25, 0.3) is 0 Å². The summed E-state index contributed by atoms with van der Waals surface area (Å²) < 4.78 is 49.2. The molecule has 7 nitrogen and oxygen atoms in total. The van der Waals surface area contributed by atoms with Crippen molar-refractivity contribution >= 4 is 25.7 Å². The third-order valence-corrected chi connectivity index (χ3v) is 7.37. The van der Waals surface area contributed by atoms with Crippen LogP contribution in [0.5, 0.6) is 0 Å². The van der Waals surface area contributed by atoms with Crippen LogP contribution in [0.1, 0.15) is 96.8 Å². The first-order chi connectivity index (χ1) is 14.2. The number of unbranched alkanes of at least 4 members (excludes halogenated alkanes) is 13. The highest BCUT2D eigenvalue weighted by atomic mass is 32.2. The van der Waals surface area contributed by atoms with E-state index in [2.05, 4.69) is 21.8 Å². The van der Waals surface area contributed by atoms with Crippen LogP contribution in [0.15, 0.2) is 17.2 Å². The quantitative estimate of drug-likeness (QED) is 0.305. The van der Waals surface area contributed by atoms with E-state index < -0.39 is 19.9 Å². The van der Waals surface area contributed by atoms with Gasteiger partial charge in [-0.15, -0.1) is 10.2 Å². The Kier molecular flexibility index (Phi) is 13.2. The molecule has 0 radical (unpaired) electrons. The average molecular weight is 462 g/mol. The Morgan fingerprint density at radius 3 is 1.57 bits per heavy atom. The molecule has 0 saturated heterocycles. The van der Waals surface area contributed by atoms with Gasteiger partial charge in [0.25, 0.3) is 0 Å². The fraction of sp³-hybridized carbons (Fsp3) is 0.810. The Morgan fingerprint density at radius 2 is 1.17 bits per heavy atom. The molecular weight excluding hydrogens is 422 g/mol. The molecule has 0 fully saturated rings. The maximum atomic E-state index is 12.1. The van der Waals surface area contributed by atoms with Gasteiger partial charge in [0.1, 0.15) is 0 Å². The monoisotopic (exact) mass is 461 g/mol. The van der Waals surface area contributed by atoms with Crippen LogP contribution in [0.2, 0.25) is 0 Å². The second kappa shape index (κ2) is 14.7. The van der Waals surface area contributed by atoms with Crippen LogP contribution in [0.4, 0.5) is 5.82 Å². The fourth-order valence-electron chi connectivity index (χ4n) is 3.27. The minimum atomic E-state index is -3.50. The number of anilines is 1. The van der Waals surface area contributed by atoms with Crippen molar-refractivity contribution in [3.63, 3.8) is 0 Å². The van der Waals surface area contributed by atoms with E-state index in [0.717, 1.165) is 25.5 Å². The molecule has 0 spiro atoms. The summed E-state index contributed by atoms with van der Waals surface area (Å²) in [6, 6.07) is 2.55. The first kappa shape index (κ1) is 26.8. The van der Waals surface area contributed by atoms with Crippen molar-refractivity contribution in [1.82, 2.24) is 10.2 Å². The van der Waals surface area contributed by atoms with Gasteiger partial charge in [0, 0.05) is 6.26 Å². The summed E-state index contributed by atoms with van der Waals surface area (Å²) in [5.74, 6) is 0.0633. The van der Waals surface area contributed by atoms with Gasteiger partial charge in [-0.25, -0.2) is 16.8 Å². The number of hydrogen-bond acceptors (Lipinski definition) is 6. The molecule has 1 aromatic heterocycles. The summed E-state index contributed by atoms with van der Waals surface area (Å²) in [7, 11) is -6.95. The van der Waals surface area contributed by atoms with Crippen LogP contribution in [-0.4, -0.2) is 39.0 Å². The minimum absolute atomic E-state index is 0.0283. The van der Waals surface area contributed by atoms with Gasteiger partial charge in [-0.2, -0.15) is 0 Å². The van der Waals surface area contributed by atoms with E-state index in [1.807, 2.05) is 0 Å². The highest BCUT2D eigenvalue weighted by molar-refractivity contribution is 7.92. The van der Waals surface area contributed by atoms with Crippen molar-refractivity contribution in [3.8, 4) is 0 Å². The lowest BCUT2D eigenvalue weighted by atomic mass is 10.0. The molecule has 0 aliphatic heterocycles. The number of nitrogens with zero attached hydrogens (tertiary/aromatic N) is 2. The van der Waals surface area contributed by atoms with Crippen LogP contribution >= 0.6 is 0 Å². The van der Waals surface area contributed by atoms with Crippen molar-refractivity contribution in [2.75, 3.05) is 16.7 Å². The van der Waals surface area contributed by atoms with Gasteiger partial charge in [0.15, 0.2) is 20.7 Å². The molecule has 1 aromatic rings. The van der Waals surface area contributed by atoms with Crippen LogP contribution < -0.4 is 4.72 Å². The summed E-state index contributed by atoms with van der Waals surface area (Å²) in [4.78, 5) is 0. The number of hydrogen-bond donors (Lipinski definition) is 1. The molecular formula is C21H39N3O4S2. The van der Waals surface area contributed by atoms with Gasteiger partial charge >= 0.3 is 0 Å².